The van der Waals surface area contributed by atoms with Gasteiger partial charge in [0.05, 0.1) is 24.8 Å². The minimum Gasteiger partial charge on any atom is -0.497 e. The molecule has 0 aliphatic rings. The first-order valence-corrected chi connectivity index (χ1v) is 10.1. The van der Waals surface area contributed by atoms with Gasteiger partial charge in [-0.3, -0.25) is 9.52 Å². The largest absolute Gasteiger partial charge is 0.497 e. The van der Waals surface area contributed by atoms with Gasteiger partial charge in [0.1, 0.15) is 11.5 Å². The van der Waals surface area contributed by atoms with Crippen molar-refractivity contribution in [1.29, 1.82) is 0 Å². The average molecular weight is 412 g/mol. The van der Waals surface area contributed by atoms with Gasteiger partial charge in [-0.2, -0.15) is 0 Å². The average Bonchev–Trinajstić information content (AvgIpc) is 2.74. The Bertz CT molecular complexity index is 1090. The Hall–Kier alpha value is -3.52. The first-order chi connectivity index (χ1) is 13.9. The SMILES string of the molecule is COc1ccc(C(=O)Nc2ccc(S(=O)(=O)Nc3cccc(OC)c3)cc2)cc1. The van der Waals surface area contributed by atoms with Crippen molar-refractivity contribution in [3.8, 4) is 11.5 Å². The Morgan fingerprint density at radius 2 is 1.45 bits per heavy atom. The molecular weight excluding hydrogens is 392 g/mol. The lowest BCUT2D eigenvalue weighted by atomic mass is 10.2. The molecule has 0 aliphatic heterocycles. The van der Waals surface area contributed by atoms with Crippen molar-refractivity contribution < 1.29 is 22.7 Å². The van der Waals surface area contributed by atoms with Crippen LogP contribution in [-0.4, -0.2) is 28.5 Å². The van der Waals surface area contributed by atoms with E-state index in [1.807, 2.05) is 0 Å². The molecule has 3 aromatic carbocycles. The van der Waals surface area contributed by atoms with Crippen LogP contribution in [0.1, 0.15) is 10.4 Å². The normalized spacial score (nSPS) is 10.8. The molecule has 0 saturated heterocycles. The molecule has 3 aromatic rings. The number of benzene rings is 3. The highest BCUT2D eigenvalue weighted by Gasteiger charge is 2.15. The maximum atomic E-state index is 12.6. The van der Waals surface area contributed by atoms with E-state index in [9.17, 15) is 13.2 Å². The molecule has 0 atom stereocenters. The summed E-state index contributed by atoms with van der Waals surface area (Å²) in [5.41, 5.74) is 1.33. The number of anilines is 2. The van der Waals surface area contributed by atoms with E-state index in [4.69, 9.17) is 9.47 Å². The molecule has 0 radical (unpaired) electrons. The van der Waals surface area contributed by atoms with Crippen LogP contribution in [0.3, 0.4) is 0 Å². The highest BCUT2D eigenvalue weighted by molar-refractivity contribution is 7.92. The molecular formula is C21H20N2O5S. The van der Waals surface area contributed by atoms with Crippen LogP contribution >= 0.6 is 0 Å². The van der Waals surface area contributed by atoms with E-state index < -0.39 is 10.0 Å². The first kappa shape index (κ1) is 20.2. The number of hydrogen-bond donors (Lipinski definition) is 2. The zero-order chi connectivity index (χ0) is 20.9. The van der Waals surface area contributed by atoms with E-state index in [-0.39, 0.29) is 10.8 Å². The summed E-state index contributed by atoms with van der Waals surface area (Å²) >= 11 is 0. The summed E-state index contributed by atoms with van der Waals surface area (Å²) in [6.07, 6.45) is 0. The minimum atomic E-state index is -3.78. The number of sulfonamides is 1. The Morgan fingerprint density at radius 1 is 0.793 bits per heavy atom. The Labute approximate surface area is 169 Å². The van der Waals surface area contributed by atoms with Crippen LogP contribution in [0.5, 0.6) is 11.5 Å². The van der Waals surface area contributed by atoms with Crippen LogP contribution in [0.4, 0.5) is 11.4 Å². The van der Waals surface area contributed by atoms with Crippen LogP contribution in [0, 0.1) is 0 Å². The van der Waals surface area contributed by atoms with E-state index in [1.54, 1.807) is 55.6 Å². The van der Waals surface area contributed by atoms with Crippen molar-refractivity contribution >= 4 is 27.3 Å². The Kier molecular flexibility index (Phi) is 6.04. The van der Waals surface area contributed by atoms with Gasteiger partial charge in [0, 0.05) is 17.3 Å². The standard InChI is InChI=1S/C21H20N2O5S/c1-27-18-10-6-15(7-11-18)21(24)22-16-8-12-20(13-9-16)29(25,26)23-17-4-3-5-19(14-17)28-2/h3-14,23H,1-2H3,(H,22,24). The van der Waals surface area contributed by atoms with Crippen LogP contribution in [0.2, 0.25) is 0 Å². The molecule has 0 bridgehead atoms. The lowest BCUT2D eigenvalue weighted by molar-refractivity contribution is 0.102. The predicted octanol–water partition coefficient (Wildman–Crippen LogP) is 3.76. The monoisotopic (exact) mass is 412 g/mol. The summed E-state index contributed by atoms with van der Waals surface area (Å²) in [4.78, 5) is 12.4. The molecule has 3 rings (SSSR count). The number of nitrogens with one attached hydrogen (secondary N) is 2. The van der Waals surface area contributed by atoms with E-state index in [0.717, 1.165) is 0 Å². The molecule has 0 fully saturated rings. The van der Waals surface area contributed by atoms with Crippen molar-refractivity contribution in [2.24, 2.45) is 0 Å². The third kappa shape index (κ3) is 5.05. The number of ether oxygens (including phenoxy) is 2. The molecule has 150 valence electrons. The number of amides is 1. The quantitative estimate of drug-likeness (QED) is 0.616. The third-order valence-electron chi connectivity index (χ3n) is 4.10. The van der Waals surface area contributed by atoms with Crippen LogP contribution in [-0.2, 0) is 10.0 Å². The molecule has 29 heavy (non-hydrogen) atoms. The maximum absolute atomic E-state index is 12.6. The van der Waals surface area contributed by atoms with Gasteiger partial charge in [0.25, 0.3) is 15.9 Å². The van der Waals surface area contributed by atoms with Crippen molar-refractivity contribution in [2.45, 2.75) is 4.90 Å². The van der Waals surface area contributed by atoms with Crippen molar-refractivity contribution in [2.75, 3.05) is 24.3 Å². The second-order valence-electron chi connectivity index (χ2n) is 6.04. The number of hydrogen-bond acceptors (Lipinski definition) is 5. The highest BCUT2D eigenvalue weighted by atomic mass is 32.2. The highest BCUT2D eigenvalue weighted by Crippen LogP contribution is 2.22. The Balaban J connectivity index is 1.70. The molecule has 1 amide bonds. The molecule has 7 nitrogen and oxygen atoms in total. The fourth-order valence-electron chi connectivity index (χ4n) is 2.56. The molecule has 0 saturated carbocycles. The third-order valence-corrected chi connectivity index (χ3v) is 5.49. The summed E-state index contributed by atoms with van der Waals surface area (Å²) < 4.78 is 37.8. The molecule has 2 N–H and O–H groups in total. The molecule has 0 spiro atoms. The smallest absolute Gasteiger partial charge is 0.261 e. The van der Waals surface area contributed by atoms with Crippen LogP contribution in [0.25, 0.3) is 0 Å². The molecule has 0 heterocycles. The van der Waals surface area contributed by atoms with Crippen molar-refractivity contribution in [3.63, 3.8) is 0 Å². The van der Waals surface area contributed by atoms with E-state index in [0.29, 0.717) is 28.4 Å². The van der Waals surface area contributed by atoms with Gasteiger partial charge in [0.2, 0.25) is 0 Å². The number of carbonyl (C=O) groups is 1. The van der Waals surface area contributed by atoms with Gasteiger partial charge in [-0.1, -0.05) is 6.07 Å². The zero-order valence-corrected chi connectivity index (χ0v) is 16.7. The van der Waals surface area contributed by atoms with Gasteiger partial charge in [-0.15, -0.1) is 0 Å². The summed E-state index contributed by atoms with van der Waals surface area (Å²) in [5.74, 6) is 0.888. The summed E-state index contributed by atoms with van der Waals surface area (Å²) in [6.45, 7) is 0. The molecule has 0 aliphatic carbocycles. The van der Waals surface area contributed by atoms with Crippen molar-refractivity contribution in [3.05, 3.63) is 78.4 Å². The van der Waals surface area contributed by atoms with E-state index in [2.05, 4.69) is 10.0 Å². The summed E-state index contributed by atoms with van der Waals surface area (Å²) in [6, 6.07) is 19.2. The van der Waals surface area contributed by atoms with Crippen molar-refractivity contribution in [1.82, 2.24) is 0 Å². The number of carbonyl (C=O) groups excluding carboxylic acids is 1. The molecule has 8 heteroatoms. The van der Waals surface area contributed by atoms with Gasteiger partial charge >= 0.3 is 0 Å². The lowest BCUT2D eigenvalue weighted by Gasteiger charge is -2.10. The molecule has 0 unspecified atom stereocenters. The first-order valence-electron chi connectivity index (χ1n) is 8.63. The fourth-order valence-corrected chi connectivity index (χ4v) is 3.61. The molecule has 0 aromatic heterocycles. The fraction of sp³-hybridized carbons (Fsp3) is 0.0952. The van der Waals surface area contributed by atoms with E-state index >= 15 is 0 Å². The number of methoxy groups -OCH3 is 2. The van der Waals surface area contributed by atoms with Gasteiger partial charge in [-0.25, -0.2) is 8.42 Å². The lowest BCUT2D eigenvalue weighted by Crippen LogP contribution is -2.14. The van der Waals surface area contributed by atoms with Crippen LogP contribution in [0.15, 0.2) is 77.7 Å². The summed E-state index contributed by atoms with van der Waals surface area (Å²) in [7, 11) is -0.720. The van der Waals surface area contributed by atoms with Gasteiger partial charge in [0.15, 0.2) is 0 Å². The summed E-state index contributed by atoms with van der Waals surface area (Å²) in [5, 5.41) is 2.73. The second kappa shape index (κ2) is 8.66. The Morgan fingerprint density at radius 3 is 2.07 bits per heavy atom. The number of rotatable bonds is 7. The van der Waals surface area contributed by atoms with Crippen LogP contribution < -0.4 is 19.5 Å². The van der Waals surface area contributed by atoms with Gasteiger partial charge < -0.3 is 14.8 Å². The topological polar surface area (TPSA) is 93.7 Å². The minimum absolute atomic E-state index is 0.0720. The van der Waals surface area contributed by atoms with Gasteiger partial charge in [-0.05, 0) is 60.7 Å². The predicted molar refractivity (Wildman–Crippen MR) is 111 cm³/mol. The second-order valence-corrected chi connectivity index (χ2v) is 7.73. The maximum Gasteiger partial charge on any atom is 0.261 e. The van der Waals surface area contributed by atoms with E-state index in [1.165, 1.54) is 31.4 Å². The zero-order valence-electron chi connectivity index (χ0n) is 15.9.